The Balaban J connectivity index is 0.00000111. The van der Waals surface area contributed by atoms with E-state index in [2.05, 4.69) is 5.32 Å². The maximum atomic E-state index is 13.0. The Morgan fingerprint density at radius 3 is 2.15 bits per heavy atom. The first kappa shape index (κ1) is 31.5. The number of morpholine rings is 1. The number of imide groups is 1. The second-order valence-corrected chi connectivity index (χ2v) is 9.21. The molecular formula is C29H39N3O9. The van der Waals surface area contributed by atoms with Crippen molar-refractivity contribution in [3.63, 3.8) is 0 Å². The van der Waals surface area contributed by atoms with E-state index in [4.69, 9.17) is 9.47 Å². The van der Waals surface area contributed by atoms with Crippen molar-refractivity contribution >= 4 is 17.7 Å². The van der Waals surface area contributed by atoms with Crippen LogP contribution in [-0.2, 0) is 34.0 Å². The van der Waals surface area contributed by atoms with Crippen molar-refractivity contribution in [2.75, 3.05) is 26.3 Å². The first-order chi connectivity index (χ1) is 19.8. The van der Waals surface area contributed by atoms with Crippen LogP contribution in [0.25, 0.3) is 0 Å². The molecule has 3 amide bonds. The Morgan fingerprint density at radius 1 is 0.927 bits per heavy atom. The topological polar surface area (TPSA) is 169 Å². The van der Waals surface area contributed by atoms with E-state index in [0.717, 1.165) is 0 Å². The van der Waals surface area contributed by atoms with E-state index in [0.29, 0.717) is 37.4 Å². The minimum absolute atomic E-state index is 0.00766. The maximum absolute atomic E-state index is 13.0. The summed E-state index contributed by atoms with van der Waals surface area (Å²) >= 11 is 0. The van der Waals surface area contributed by atoms with Crippen LogP contribution in [-0.4, -0.2) is 80.3 Å². The summed E-state index contributed by atoms with van der Waals surface area (Å²) in [6.07, 6.45) is 0.352. The van der Waals surface area contributed by atoms with Crippen molar-refractivity contribution in [2.24, 2.45) is 0 Å². The summed E-state index contributed by atoms with van der Waals surface area (Å²) in [6, 6.07) is 4.01. The van der Waals surface area contributed by atoms with Crippen LogP contribution in [0.4, 0.5) is 0 Å². The van der Waals surface area contributed by atoms with Gasteiger partial charge in [-0.15, -0.1) is 0 Å². The largest absolute Gasteiger partial charge is 0.504 e. The Morgan fingerprint density at radius 2 is 1.54 bits per heavy atom. The van der Waals surface area contributed by atoms with E-state index in [1.807, 2.05) is 32.6 Å². The molecule has 0 radical (unpaired) electrons. The van der Waals surface area contributed by atoms with Crippen molar-refractivity contribution in [1.82, 2.24) is 15.1 Å². The standard InChI is InChI=1S/C25H27N3O9.2C2H6/c29-19-5-4-17(24(34)26-19)28-11-14-13(25(28)35)2-1-3-18(14)37-12-16-22(32)20(30)15(21(31)23(16)33)10-27-6-8-36-9-7-27;2*1-2/h1-3,17,30-33H,4-12H2,(H,26,29,34);2*1-2H3. The van der Waals surface area contributed by atoms with Gasteiger partial charge in [0.25, 0.3) is 5.91 Å². The Hall–Kier alpha value is -4.03. The zero-order valence-electron chi connectivity index (χ0n) is 23.9. The number of hydrogen-bond donors (Lipinski definition) is 5. The van der Waals surface area contributed by atoms with Gasteiger partial charge in [-0.1, -0.05) is 33.8 Å². The molecule has 1 atom stereocenters. The smallest absolute Gasteiger partial charge is 0.255 e. The third kappa shape index (κ3) is 6.49. The monoisotopic (exact) mass is 573 g/mol. The van der Waals surface area contributed by atoms with Gasteiger partial charge in [-0.3, -0.25) is 24.6 Å². The molecule has 3 aliphatic heterocycles. The highest BCUT2D eigenvalue weighted by molar-refractivity contribution is 6.05. The molecule has 5 rings (SSSR count). The molecule has 12 nitrogen and oxygen atoms in total. The fourth-order valence-electron chi connectivity index (χ4n) is 4.91. The van der Waals surface area contributed by atoms with Crippen LogP contribution in [0, 0.1) is 0 Å². The predicted octanol–water partition coefficient (Wildman–Crippen LogP) is 2.73. The van der Waals surface area contributed by atoms with Crippen LogP contribution in [0.15, 0.2) is 18.2 Å². The number of ether oxygens (including phenoxy) is 2. The molecule has 1 unspecified atom stereocenters. The summed E-state index contributed by atoms with van der Waals surface area (Å²) in [4.78, 5) is 40.1. The predicted molar refractivity (Wildman–Crippen MR) is 149 cm³/mol. The second-order valence-electron chi connectivity index (χ2n) is 9.21. The molecule has 0 bridgehead atoms. The van der Waals surface area contributed by atoms with Crippen LogP contribution < -0.4 is 10.1 Å². The van der Waals surface area contributed by atoms with Gasteiger partial charge in [-0.05, 0) is 18.6 Å². The summed E-state index contributed by atoms with van der Waals surface area (Å²) in [7, 11) is 0. The van der Waals surface area contributed by atoms with E-state index in [-0.39, 0.29) is 54.6 Å². The highest BCUT2D eigenvalue weighted by Crippen LogP contribution is 2.47. The number of piperidine rings is 1. The molecule has 5 N–H and O–H groups in total. The second kappa shape index (κ2) is 14.0. The van der Waals surface area contributed by atoms with Crippen molar-refractivity contribution in [3.05, 3.63) is 40.5 Å². The summed E-state index contributed by atoms with van der Waals surface area (Å²) < 4.78 is 11.1. The molecular weight excluding hydrogens is 534 g/mol. The molecule has 0 saturated carbocycles. The van der Waals surface area contributed by atoms with Crippen LogP contribution in [0.5, 0.6) is 28.7 Å². The zero-order valence-corrected chi connectivity index (χ0v) is 23.9. The van der Waals surface area contributed by atoms with Gasteiger partial charge in [0.15, 0.2) is 23.0 Å². The molecule has 0 aromatic heterocycles. The number of nitrogens with one attached hydrogen (secondary N) is 1. The highest BCUT2D eigenvalue weighted by Gasteiger charge is 2.40. The Bertz CT molecular complexity index is 1250. The number of nitrogens with zero attached hydrogens (tertiary/aromatic N) is 2. The van der Waals surface area contributed by atoms with Crippen molar-refractivity contribution in [3.8, 4) is 28.7 Å². The number of phenolic OH excluding ortho intramolecular Hbond substituents is 4. The summed E-state index contributed by atoms with van der Waals surface area (Å²) in [5.74, 6) is -3.36. The van der Waals surface area contributed by atoms with Crippen molar-refractivity contribution < 1.29 is 44.3 Å². The minimum atomic E-state index is -0.786. The molecule has 41 heavy (non-hydrogen) atoms. The number of fused-ring (bicyclic) bond motifs is 1. The number of carbonyl (C=O) groups is 3. The summed E-state index contributed by atoms with van der Waals surface area (Å²) in [5.41, 5.74) is 0.618. The molecule has 2 saturated heterocycles. The lowest BCUT2D eigenvalue weighted by molar-refractivity contribution is -0.136. The van der Waals surface area contributed by atoms with Crippen LogP contribution in [0.3, 0.4) is 0 Å². The van der Waals surface area contributed by atoms with Crippen LogP contribution in [0.1, 0.15) is 67.6 Å². The highest BCUT2D eigenvalue weighted by atomic mass is 16.5. The Labute approximate surface area is 239 Å². The Kier molecular flexibility index (Phi) is 10.8. The van der Waals surface area contributed by atoms with Gasteiger partial charge in [0.05, 0.1) is 30.9 Å². The minimum Gasteiger partial charge on any atom is -0.504 e. The quantitative estimate of drug-likeness (QED) is 0.197. The average molecular weight is 574 g/mol. The van der Waals surface area contributed by atoms with Crippen molar-refractivity contribution in [2.45, 2.75) is 66.3 Å². The van der Waals surface area contributed by atoms with Crippen LogP contribution >= 0.6 is 0 Å². The molecule has 3 aliphatic rings. The lowest BCUT2D eigenvalue weighted by Crippen LogP contribution is -2.52. The van der Waals surface area contributed by atoms with E-state index >= 15 is 0 Å². The number of phenols is 4. The number of hydrogen-bond acceptors (Lipinski definition) is 10. The van der Waals surface area contributed by atoms with Gasteiger partial charge in [0, 0.05) is 37.2 Å². The van der Waals surface area contributed by atoms with Gasteiger partial charge >= 0.3 is 0 Å². The SMILES string of the molecule is CC.CC.O=C1CCC(N2Cc3c(OCc4c(O)c(O)c(CN5CCOCC5)c(O)c4O)cccc3C2=O)C(=O)N1. The molecule has 3 heterocycles. The summed E-state index contributed by atoms with van der Waals surface area (Å²) in [5, 5.41) is 44.6. The lowest BCUT2D eigenvalue weighted by atomic mass is 10.0. The summed E-state index contributed by atoms with van der Waals surface area (Å²) in [6.45, 7) is 9.89. The molecule has 0 aliphatic carbocycles. The van der Waals surface area contributed by atoms with E-state index in [1.54, 1.807) is 18.2 Å². The van der Waals surface area contributed by atoms with Gasteiger partial charge < -0.3 is 34.8 Å². The fraction of sp³-hybridized carbons (Fsp3) is 0.483. The maximum Gasteiger partial charge on any atom is 0.255 e. The third-order valence-corrected chi connectivity index (χ3v) is 6.99. The molecule has 2 aromatic carbocycles. The lowest BCUT2D eigenvalue weighted by Gasteiger charge is -2.29. The molecule has 2 fully saturated rings. The van der Waals surface area contributed by atoms with E-state index in [9.17, 15) is 34.8 Å². The average Bonchev–Trinajstić information content (AvgIpc) is 3.33. The number of aromatic hydroxyl groups is 4. The molecule has 224 valence electrons. The zero-order chi connectivity index (χ0) is 30.3. The van der Waals surface area contributed by atoms with Gasteiger partial charge in [0.2, 0.25) is 11.8 Å². The van der Waals surface area contributed by atoms with Gasteiger partial charge in [0.1, 0.15) is 18.4 Å². The fourth-order valence-corrected chi connectivity index (χ4v) is 4.91. The third-order valence-electron chi connectivity index (χ3n) is 6.99. The number of rotatable bonds is 6. The molecule has 0 spiro atoms. The number of amides is 3. The number of benzene rings is 2. The molecule has 2 aromatic rings. The normalized spacial score (nSPS) is 18.5. The van der Waals surface area contributed by atoms with Gasteiger partial charge in [-0.2, -0.15) is 0 Å². The first-order valence-corrected chi connectivity index (χ1v) is 13.9. The van der Waals surface area contributed by atoms with Crippen LogP contribution in [0.2, 0.25) is 0 Å². The molecule has 12 heteroatoms. The van der Waals surface area contributed by atoms with Crippen molar-refractivity contribution in [1.29, 1.82) is 0 Å². The van der Waals surface area contributed by atoms with E-state index in [1.165, 1.54) is 4.90 Å². The number of carbonyl (C=O) groups excluding carboxylic acids is 3. The first-order valence-electron chi connectivity index (χ1n) is 13.9. The van der Waals surface area contributed by atoms with E-state index < -0.39 is 41.6 Å². The van der Waals surface area contributed by atoms with Gasteiger partial charge in [-0.25, -0.2) is 0 Å².